The van der Waals surface area contributed by atoms with Gasteiger partial charge in [0.2, 0.25) is 0 Å². The molecule has 4 heteroatoms. The number of anilines is 2. The average molecular weight is 351 g/mol. The number of nitrogens with zero attached hydrogens (tertiary/aromatic N) is 2. The van der Waals surface area contributed by atoms with Crippen molar-refractivity contribution in [3.05, 3.63) is 58.7 Å². The molecule has 138 valence electrons. The van der Waals surface area contributed by atoms with Crippen molar-refractivity contribution in [1.29, 1.82) is 0 Å². The molecule has 0 aromatic heterocycles. The molecule has 4 nitrogen and oxygen atoms in total. The van der Waals surface area contributed by atoms with Crippen molar-refractivity contribution in [3.8, 4) is 0 Å². The predicted octanol–water partition coefficient (Wildman–Crippen LogP) is 2.54. The molecule has 1 saturated heterocycles. The lowest BCUT2D eigenvalue weighted by molar-refractivity contribution is 0.0397. The number of aliphatic hydroxyl groups is 1. The van der Waals surface area contributed by atoms with Crippen molar-refractivity contribution >= 4 is 11.4 Å². The van der Waals surface area contributed by atoms with Crippen LogP contribution in [0.4, 0.5) is 11.4 Å². The van der Waals surface area contributed by atoms with Gasteiger partial charge >= 0.3 is 0 Å². The highest BCUT2D eigenvalue weighted by molar-refractivity contribution is 5.56. The van der Waals surface area contributed by atoms with E-state index in [9.17, 15) is 5.11 Å². The molecule has 4 rings (SSSR count). The fourth-order valence-corrected chi connectivity index (χ4v) is 4.55. The second-order valence-electron chi connectivity index (χ2n) is 7.77. The molecule has 0 spiro atoms. The van der Waals surface area contributed by atoms with E-state index in [0.29, 0.717) is 6.42 Å². The molecule has 1 aliphatic heterocycles. The van der Waals surface area contributed by atoms with Crippen LogP contribution in [0.2, 0.25) is 0 Å². The standard InChI is InChI=1S/C22H29N3O/c1-15-5-3-8-20(16(15)2)24-9-11-25(12-10-24)21-14-18-17(13-22(21)26)6-4-7-19(18)23/h3-8,21-22,26H,9-14,23H2,1-2H3/t21-,22-/m1/s1. The summed E-state index contributed by atoms with van der Waals surface area (Å²) in [5, 5.41) is 10.7. The lowest BCUT2D eigenvalue weighted by Crippen LogP contribution is -2.56. The van der Waals surface area contributed by atoms with Crippen molar-refractivity contribution in [2.75, 3.05) is 36.8 Å². The van der Waals surface area contributed by atoms with E-state index < -0.39 is 0 Å². The van der Waals surface area contributed by atoms with E-state index in [4.69, 9.17) is 5.73 Å². The largest absolute Gasteiger partial charge is 0.398 e. The van der Waals surface area contributed by atoms with Gasteiger partial charge in [0.15, 0.2) is 0 Å². The fourth-order valence-electron chi connectivity index (χ4n) is 4.55. The van der Waals surface area contributed by atoms with Crippen molar-refractivity contribution in [3.63, 3.8) is 0 Å². The van der Waals surface area contributed by atoms with E-state index in [1.807, 2.05) is 12.1 Å². The normalized spacial score (nSPS) is 23.7. The fraction of sp³-hybridized carbons (Fsp3) is 0.455. The van der Waals surface area contributed by atoms with Crippen molar-refractivity contribution in [2.45, 2.75) is 38.8 Å². The van der Waals surface area contributed by atoms with Crippen LogP contribution in [0.5, 0.6) is 0 Å². The molecule has 2 aromatic rings. The summed E-state index contributed by atoms with van der Waals surface area (Å²) >= 11 is 0. The zero-order chi connectivity index (χ0) is 18.3. The number of aliphatic hydroxyl groups excluding tert-OH is 1. The summed E-state index contributed by atoms with van der Waals surface area (Å²) in [5.74, 6) is 0. The minimum Gasteiger partial charge on any atom is -0.398 e. The van der Waals surface area contributed by atoms with Gasteiger partial charge < -0.3 is 15.7 Å². The minimum absolute atomic E-state index is 0.174. The van der Waals surface area contributed by atoms with Crippen LogP contribution in [-0.4, -0.2) is 48.3 Å². The van der Waals surface area contributed by atoms with Gasteiger partial charge in [0.05, 0.1) is 6.10 Å². The Morgan fingerprint density at radius 2 is 1.69 bits per heavy atom. The first-order valence-corrected chi connectivity index (χ1v) is 9.64. The Morgan fingerprint density at radius 1 is 0.962 bits per heavy atom. The van der Waals surface area contributed by atoms with Crippen molar-refractivity contribution in [2.24, 2.45) is 0 Å². The van der Waals surface area contributed by atoms with Crippen LogP contribution in [0, 0.1) is 13.8 Å². The first kappa shape index (κ1) is 17.4. The second kappa shape index (κ2) is 6.93. The van der Waals surface area contributed by atoms with Gasteiger partial charge in [0.1, 0.15) is 0 Å². The smallest absolute Gasteiger partial charge is 0.0739 e. The van der Waals surface area contributed by atoms with Crippen LogP contribution in [0.25, 0.3) is 0 Å². The van der Waals surface area contributed by atoms with E-state index in [2.05, 4.69) is 47.9 Å². The number of nitrogen functional groups attached to an aromatic ring is 1. The SMILES string of the molecule is Cc1cccc(N2CCN([C@@H]3Cc4c(N)cccc4C[C@H]3O)CC2)c1C. The molecule has 0 bridgehead atoms. The topological polar surface area (TPSA) is 52.7 Å². The van der Waals surface area contributed by atoms with Crippen LogP contribution in [0.15, 0.2) is 36.4 Å². The molecule has 0 amide bonds. The first-order valence-electron chi connectivity index (χ1n) is 9.64. The number of nitrogens with two attached hydrogens (primary N) is 1. The number of piperazine rings is 1. The van der Waals surface area contributed by atoms with E-state index in [-0.39, 0.29) is 12.1 Å². The third-order valence-corrected chi connectivity index (χ3v) is 6.30. The molecule has 1 heterocycles. The summed E-state index contributed by atoms with van der Waals surface area (Å²) in [5.41, 5.74) is 13.6. The lowest BCUT2D eigenvalue weighted by Gasteiger charge is -2.44. The van der Waals surface area contributed by atoms with Gasteiger partial charge in [-0.05, 0) is 54.7 Å². The number of hydrogen-bond acceptors (Lipinski definition) is 4. The highest BCUT2D eigenvalue weighted by Crippen LogP contribution is 2.30. The van der Waals surface area contributed by atoms with E-state index in [1.165, 1.54) is 27.9 Å². The molecule has 2 atom stereocenters. The van der Waals surface area contributed by atoms with E-state index in [0.717, 1.165) is 38.3 Å². The Morgan fingerprint density at radius 3 is 2.46 bits per heavy atom. The maximum atomic E-state index is 10.7. The summed E-state index contributed by atoms with van der Waals surface area (Å²) in [6.07, 6.45) is 1.26. The number of aryl methyl sites for hydroxylation is 1. The van der Waals surface area contributed by atoms with Crippen molar-refractivity contribution < 1.29 is 5.11 Å². The van der Waals surface area contributed by atoms with Crippen LogP contribution in [0.3, 0.4) is 0 Å². The highest BCUT2D eigenvalue weighted by atomic mass is 16.3. The molecule has 0 radical (unpaired) electrons. The van der Waals surface area contributed by atoms with Gasteiger partial charge in [-0.25, -0.2) is 0 Å². The highest BCUT2D eigenvalue weighted by Gasteiger charge is 2.34. The Bertz CT molecular complexity index is 796. The summed E-state index contributed by atoms with van der Waals surface area (Å²) in [6.45, 7) is 8.36. The van der Waals surface area contributed by atoms with Gasteiger partial charge in [0, 0.05) is 50.0 Å². The Balaban J connectivity index is 1.47. The monoisotopic (exact) mass is 351 g/mol. The average Bonchev–Trinajstić information content (AvgIpc) is 2.64. The summed E-state index contributed by atoms with van der Waals surface area (Å²) in [7, 11) is 0. The zero-order valence-corrected chi connectivity index (χ0v) is 15.8. The second-order valence-corrected chi connectivity index (χ2v) is 7.77. The summed E-state index contributed by atoms with van der Waals surface area (Å²) in [6, 6.07) is 12.8. The quantitative estimate of drug-likeness (QED) is 0.817. The number of hydrogen-bond donors (Lipinski definition) is 2. The summed E-state index contributed by atoms with van der Waals surface area (Å²) in [4.78, 5) is 4.94. The molecule has 2 aliphatic rings. The van der Waals surface area contributed by atoms with Gasteiger partial charge in [0.25, 0.3) is 0 Å². The third-order valence-electron chi connectivity index (χ3n) is 6.30. The zero-order valence-electron chi connectivity index (χ0n) is 15.8. The minimum atomic E-state index is -0.309. The number of rotatable bonds is 2. The van der Waals surface area contributed by atoms with Crippen LogP contribution in [-0.2, 0) is 12.8 Å². The van der Waals surface area contributed by atoms with E-state index >= 15 is 0 Å². The molecular weight excluding hydrogens is 322 g/mol. The Hall–Kier alpha value is -2.04. The molecule has 2 aromatic carbocycles. The van der Waals surface area contributed by atoms with E-state index in [1.54, 1.807) is 0 Å². The van der Waals surface area contributed by atoms with Gasteiger partial charge in [-0.2, -0.15) is 0 Å². The summed E-state index contributed by atoms with van der Waals surface area (Å²) < 4.78 is 0. The van der Waals surface area contributed by atoms with Crippen LogP contribution in [0.1, 0.15) is 22.3 Å². The lowest BCUT2D eigenvalue weighted by atomic mass is 9.84. The van der Waals surface area contributed by atoms with Crippen LogP contribution < -0.4 is 10.6 Å². The third kappa shape index (κ3) is 3.08. The Kier molecular flexibility index (Phi) is 4.63. The van der Waals surface area contributed by atoms with Crippen LogP contribution >= 0.6 is 0 Å². The number of fused-ring (bicyclic) bond motifs is 1. The first-order chi connectivity index (χ1) is 12.5. The maximum Gasteiger partial charge on any atom is 0.0739 e. The molecule has 3 N–H and O–H groups in total. The molecule has 0 unspecified atom stereocenters. The Labute approximate surface area is 156 Å². The maximum absolute atomic E-state index is 10.7. The molecule has 1 fully saturated rings. The van der Waals surface area contributed by atoms with Gasteiger partial charge in [-0.1, -0.05) is 24.3 Å². The van der Waals surface area contributed by atoms with Gasteiger partial charge in [-0.3, -0.25) is 4.90 Å². The van der Waals surface area contributed by atoms with Crippen molar-refractivity contribution in [1.82, 2.24) is 4.90 Å². The molecule has 1 aliphatic carbocycles. The molecule has 0 saturated carbocycles. The molecule has 26 heavy (non-hydrogen) atoms. The number of benzene rings is 2. The molecular formula is C22H29N3O. The van der Waals surface area contributed by atoms with Gasteiger partial charge in [-0.15, -0.1) is 0 Å². The predicted molar refractivity (Wildman–Crippen MR) is 108 cm³/mol.